The second-order valence-electron chi connectivity index (χ2n) is 2.82. The lowest BCUT2D eigenvalue weighted by Crippen LogP contribution is -2.12. The molecule has 0 aromatic carbocycles. The fraction of sp³-hybridized carbons (Fsp3) is 0.375. The Kier molecular flexibility index (Phi) is 3.69. The highest BCUT2D eigenvalue weighted by atomic mass is 35.5. The first kappa shape index (κ1) is 13.1. The molecule has 90 valence electrons. The van der Waals surface area contributed by atoms with E-state index in [9.17, 15) is 22.0 Å². The van der Waals surface area contributed by atoms with Crippen molar-refractivity contribution in [3.05, 3.63) is 28.0 Å². The molecule has 8 heteroatoms. The molecule has 0 bridgehead atoms. The second-order valence-corrected chi connectivity index (χ2v) is 3.19. The van der Waals surface area contributed by atoms with Gasteiger partial charge in [-0.3, -0.25) is 0 Å². The Morgan fingerprint density at radius 1 is 1.38 bits per heavy atom. The van der Waals surface area contributed by atoms with Crippen LogP contribution in [0.3, 0.4) is 0 Å². The number of rotatable bonds is 2. The average molecular weight is 262 g/mol. The maximum Gasteiger partial charge on any atom is 0.434 e. The molecule has 0 unspecified atom stereocenters. The minimum Gasteiger partial charge on any atom is -0.392 e. The van der Waals surface area contributed by atoms with E-state index in [-0.39, 0.29) is 0 Å². The van der Waals surface area contributed by atoms with Crippen molar-refractivity contribution < 1.29 is 27.1 Å². The third-order valence-electron chi connectivity index (χ3n) is 1.80. The molecule has 0 radical (unpaired) electrons. The molecule has 1 heterocycles. The van der Waals surface area contributed by atoms with Crippen molar-refractivity contribution in [2.75, 3.05) is 0 Å². The first-order valence-electron chi connectivity index (χ1n) is 3.92. The van der Waals surface area contributed by atoms with Gasteiger partial charge in [-0.05, 0) is 0 Å². The molecule has 0 saturated heterocycles. The molecule has 0 saturated carbocycles. The fourth-order valence-corrected chi connectivity index (χ4v) is 1.46. The molecule has 1 N–H and O–H groups in total. The van der Waals surface area contributed by atoms with Gasteiger partial charge in [0.2, 0.25) is 0 Å². The first-order valence-corrected chi connectivity index (χ1v) is 4.30. The van der Waals surface area contributed by atoms with Crippen LogP contribution in [0.15, 0.2) is 6.20 Å². The highest BCUT2D eigenvalue weighted by molar-refractivity contribution is 6.32. The van der Waals surface area contributed by atoms with Gasteiger partial charge in [-0.1, -0.05) is 11.6 Å². The third kappa shape index (κ3) is 2.41. The van der Waals surface area contributed by atoms with Gasteiger partial charge in [-0.15, -0.1) is 0 Å². The van der Waals surface area contributed by atoms with Crippen LogP contribution >= 0.6 is 11.6 Å². The lowest BCUT2D eigenvalue weighted by Gasteiger charge is -2.13. The number of aliphatic hydroxyl groups excluding tert-OH is 1. The quantitative estimate of drug-likeness (QED) is 0.830. The molecule has 0 atom stereocenters. The van der Waals surface area contributed by atoms with E-state index in [2.05, 4.69) is 4.98 Å². The summed E-state index contributed by atoms with van der Waals surface area (Å²) in [5.41, 5.74) is -3.04. The van der Waals surface area contributed by atoms with Crippen molar-refractivity contribution in [2.45, 2.75) is 19.2 Å². The van der Waals surface area contributed by atoms with Crippen LogP contribution < -0.4 is 0 Å². The van der Waals surface area contributed by atoms with E-state index in [0.717, 1.165) is 0 Å². The van der Waals surface area contributed by atoms with Crippen LogP contribution in [0.2, 0.25) is 5.02 Å². The largest absolute Gasteiger partial charge is 0.434 e. The highest BCUT2D eigenvalue weighted by Gasteiger charge is 2.37. The topological polar surface area (TPSA) is 33.1 Å². The SMILES string of the molecule is OCc1cnc(C(F)(F)F)c(Cl)c1C(F)F. The summed E-state index contributed by atoms with van der Waals surface area (Å²) in [6.07, 6.45) is -7.58. The molecule has 1 aromatic heterocycles. The van der Waals surface area contributed by atoms with Crippen LogP contribution in [0.4, 0.5) is 22.0 Å². The summed E-state index contributed by atoms with van der Waals surface area (Å²) in [6.45, 7) is -0.857. The molecule has 1 aromatic rings. The third-order valence-corrected chi connectivity index (χ3v) is 2.18. The summed E-state index contributed by atoms with van der Waals surface area (Å²) in [7, 11) is 0. The van der Waals surface area contributed by atoms with Crippen LogP contribution in [0.5, 0.6) is 0 Å². The van der Waals surface area contributed by atoms with Gasteiger partial charge in [0.05, 0.1) is 11.6 Å². The molecule has 0 aliphatic rings. The number of nitrogens with zero attached hydrogens (tertiary/aromatic N) is 1. The van der Waals surface area contributed by atoms with E-state index in [1.54, 1.807) is 0 Å². The fourth-order valence-electron chi connectivity index (χ4n) is 1.10. The Balaban J connectivity index is 3.44. The Bertz CT molecular complexity index is 393. The Hall–Kier alpha value is -0.950. The Morgan fingerprint density at radius 3 is 2.31 bits per heavy atom. The molecule has 0 fully saturated rings. The normalized spacial score (nSPS) is 12.2. The molecule has 0 aliphatic carbocycles. The predicted octanol–water partition coefficient (Wildman–Crippen LogP) is 3.18. The molecular weight excluding hydrogens is 257 g/mol. The zero-order chi connectivity index (χ0) is 12.5. The lowest BCUT2D eigenvalue weighted by molar-refractivity contribution is -0.141. The standard InChI is InChI=1S/C8H5ClF5NO/c9-5-4(7(10)11)3(2-16)1-15-6(5)8(12,13)14/h1,7,16H,2H2. The van der Waals surface area contributed by atoms with Crippen LogP contribution in [-0.4, -0.2) is 10.1 Å². The van der Waals surface area contributed by atoms with Crippen LogP contribution in [-0.2, 0) is 12.8 Å². The summed E-state index contributed by atoms with van der Waals surface area (Å²) < 4.78 is 61.7. The number of hydrogen-bond donors (Lipinski definition) is 1. The summed E-state index contributed by atoms with van der Waals surface area (Å²) in [5, 5.41) is 7.50. The monoisotopic (exact) mass is 261 g/mol. The number of aliphatic hydroxyl groups is 1. The minimum atomic E-state index is -4.91. The van der Waals surface area contributed by atoms with Gasteiger partial charge in [0, 0.05) is 17.3 Å². The number of pyridine rings is 1. The maximum absolute atomic E-state index is 12.5. The lowest BCUT2D eigenvalue weighted by atomic mass is 10.1. The molecule has 0 aliphatic heterocycles. The summed E-state index contributed by atoms with van der Waals surface area (Å²) in [4.78, 5) is 2.91. The van der Waals surface area contributed by atoms with E-state index in [1.165, 1.54) is 0 Å². The van der Waals surface area contributed by atoms with Gasteiger partial charge in [0.15, 0.2) is 5.69 Å². The van der Waals surface area contributed by atoms with E-state index in [1.807, 2.05) is 0 Å². The van der Waals surface area contributed by atoms with Crippen LogP contribution in [0.25, 0.3) is 0 Å². The van der Waals surface area contributed by atoms with Gasteiger partial charge >= 0.3 is 6.18 Å². The van der Waals surface area contributed by atoms with Crippen LogP contribution in [0.1, 0.15) is 23.2 Å². The van der Waals surface area contributed by atoms with Gasteiger partial charge in [0.1, 0.15) is 0 Å². The summed E-state index contributed by atoms with van der Waals surface area (Å²) >= 11 is 5.20. The average Bonchev–Trinajstić information content (AvgIpc) is 2.14. The molecule has 2 nitrogen and oxygen atoms in total. The first-order chi connectivity index (χ1) is 7.29. The number of hydrogen-bond acceptors (Lipinski definition) is 2. The van der Waals surface area contributed by atoms with Crippen molar-refractivity contribution in [2.24, 2.45) is 0 Å². The molecule has 0 amide bonds. The smallest absolute Gasteiger partial charge is 0.392 e. The number of aromatic nitrogens is 1. The number of halogens is 6. The van der Waals surface area contributed by atoms with E-state index >= 15 is 0 Å². The van der Waals surface area contributed by atoms with Gasteiger partial charge < -0.3 is 5.11 Å². The van der Waals surface area contributed by atoms with Crippen molar-refractivity contribution in [1.82, 2.24) is 4.98 Å². The van der Waals surface area contributed by atoms with Crippen molar-refractivity contribution in [3.8, 4) is 0 Å². The van der Waals surface area contributed by atoms with Crippen LogP contribution in [0, 0.1) is 0 Å². The minimum absolute atomic E-state index is 0.423. The summed E-state index contributed by atoms with van der Waals surface area (Å²) in [6, 6.07) is 0. The van der Waals surface area contributed by atoms with Gasteiger partial charge in [-0.2, -0.15) is 13.2 Å². The maximum atomic E-state index is 12.5. The Labute approximate surface area is 91.7 Å². The zero-order valence-corrected chi connectivity index (χ0v) is 8.28. The van der Waals surface area contributed by atoms with E-state index < -0.39 is 41.1 Å². The molecule has 1 rings (SSSR count). The Morgan fingerprint density at radius 2 is 1.94 bits per heavy atom. The number of alkyl halides is 5. The molecular formula is C8H5ClF5NO. The van der Waals surface area contributed by atoms with Crippen molar-refractivity contribution in [1.29, 1.82) is 0 Å². The van der Waals surface area contributed by atoms with Gasteiger partial charge in [0.25, 0.3) is 6.43 Å². The van der Waals surface area contributed by atoms with Gasteiger partial charge in [-0.25, -0.2) is 13.8 Å². The zero-order valence-electron chi connectivity index (χ0n) is 7.52. The predicted molar refractivity (Wildman–Crippen MR) is 45.1 cm³/mol. The molecule has 16 heavy (non-hydrogen) atoms. The second kappa shape index (κ2) is 4.50. The van der Waals surface area contributed by atoms with Crippen molar-refractivity contribution >= 4 is 11.6 Å². The van der Waals surface area contributed by atoms with E-state index in [0.29, 0.717) is 6.20 Å². The van der Waals surface area contributed by atoms with E-state index in [4.69, 9.17) is 16.7 Å². The summed E-state index contributed by atoms with van der Waals surface area (Å²) in [5.74, 6) is 0. The van der Waals surface area contributed by atoms with Crippen molar-refractivity contribution in [3.63, 3.8) is 0 Å². The molecule has 0 spiro atoms. The highest BCUT2D eigenvalue weighted by Crippen LogP contribution is 2.39.